The third-order valence-corrected chi connectivity index (χ3v) is 5.57. The number of thioether (sulfide) groups is 1. The summed E-state index contributed by atoms with van der Waals surface area (Å²) in [5.41, 5.74) is 3.26. The second kappa shape index (κ2) is 8.58. The number of aryl methyl sites for hydroxylation is 1. The quantitative estimate of drug-likeness (QED) is 0.607. The predicted molar refractivity (Wildman–Crippen MR) is 114 cm³/mol. The predicted octanol–water partition coefficient (Wildman–Crippen LogP) is 2.95. The largest absolute Gasteiger partial charge is 0.486 e. The zero-order valence-corrected chi connectivity index (χ0v) is 17.3. The Bertz CT molecular complexity index is 1160. The van der Waals surface area contributed by atoms with Crippen LogP contribution in [0.1, 0.15) is 11.1 Å². The van der Waals surface area contributed by atoms with Crippen LogP contribution in [0.2, 0.25) is 0 Å². The second-order valence-corrected chi connectivity index (χ2v) is 7.71. The molecule has 0 fully saturated rings. The molecule has 1 aromatic heterocycles. The zero-order valence-electron chi connectivity index (χ0n) is 16.5. The van der Waals surface area contributed by atoms with Gasteiger partial charge in [0.15, 0.2) is 22.3 Å². The number of fused-ring (bicyclic) bond motifs is 1. The molecule has 1 aliphatic rings. The Labute approximate surface area is 177 Å². The van der Waals surface area contributed by atoms with Gasteiger partial charge in [0.1, 0.15) is 13.2 Å². The third-order valence-electron chi connectivity index (χ3n) is 4.71. The molecule has 0 saturated carbocycles. The fourth-order valence-corrected chi connectivity index (χ4v) is 3.58. The first-order chi connectivity index (χ1) is 14.5. The van der Waals surface area contributed by atoms with E-state index in [9.17, 15) is 9.59 Å². The molecule has 9 heteroatoms. The van der Waals surface area contributed by atoms with Crippen molar-refractivity contribution in [1.29, 1.82) is 0 Å². The minimum absolute atomic E-state index is 0.0986. The zero-order chi connectivity index (χ0) is 21.1. The van der Waals surface area contributed by atoms with Gasteiger partial charge in [-0.25, -0.2) is 0 Å². The lowest BCUT2D eigenvalue weighted by molar-refractivity contribution is -0.113. The van der Waals surface area contributed by atoms with Crippen LogP contribution in [0.3, 0.4) is 0 Å². The van der Waals surface area contributed by atoms with E-state index in [0.717, 1.165) is 28.6 Å². The minimum atomic E-state index is -0.390. The first kappa shape index (κ1) is 20.0. The summed E-state index contributed by atoms with van der Waals surface area (Å²) >= 11 is 1.11. The van der Waals surface area contributed by atoms with E-state index in [1.807, 2.05) is 32.0 Å². The highest BCUT2D eigenvalue weighted by Gasteiger charge is 2.16. The van der Waals surface area contributed by atoms with Gasteiger partial charge in [0.05, 0.1) is 5.75 Å². The van der Waals surface area contributed by atoms with Crippen molar-refractivity contribution < 1.29 is 14.3 Å². The van der Waals surface area contributed by atoms with Crippen molar-refractivity contribution in [2.45, 2.75) is 19.0 Å². The van der Waals surface area contributed by atoms with E-state index >= 15 is 0 Å². The molecule has 2 heterocycles. The van der Waals surface area contributed by atoms with Crippen molar-refractivity contribution in [3.8, 4) is 22.8 Å². The number of hydrogen-bond acceptors (Lipinski definition) is 7. The molecule has 154 valence electrons. The lowest BCUT2D eigenvalue weighted by Crippen LogP contribution is -2.18. The molecule has 0 spiro atoms. The summed E-state index contributed by atoms with van der Waals surface area (Å²) in [6, 6.07) is 10.9. The highest BCUT2D eigenvalue weighted by atomic mass is 32.2. The van der Waals surface area contributed by atoms with Crippen molar-refractivity contribution >= 4 is 23.4 Å². The Balaban J connectivity index is 1.43. The van der Waals surface area contributed by atoms with Gasteiger partial charge >= 0.3 is 0 Å². The Morgan fingerprint density at radius 3 is 2.73 bits per heavy atom. The van der Waals surface area contributed by atoms with Crippen LogP contribution in [0.5, 0.6) is 11.5 Å². The molecule has 0 unspecified atom stereocenters. The van der Waals surface area contributed by atoms with Crippen molar-refractivity contribution in [1.82, 2.24) is 15.2 Å². The van der Waals surface area contributed by atoms with Crippen molar-refractivity contribution in [2.75, 3.05) is 24.3 Å². The number of H-pyrrole nitrogens is 1. The Morgan fingerprint density at radius 2 is 1.93 bits per heavy atom. The summed E-state index contributed by atoms with van der Waals surface area (Å²) in [7, 11) is 0. The van der Waals surface area contributed by atoms with Gasteiger partial charge in [0.2, 0.25) is 5.91 Å². The monoisotopic (exact) mass is 424 g/mol. The first-order valence-corrected chi connectivity index (χ1v) is 10.4. The summed E-state index contributed by atoms with van der Waals surface area (Å²) in [4.78, 5) is 27.4. The molecular weight excluding hydrogens is 404 g/mol. The highest BCUT2D eigenvalue weighted by Crippen LogP contribution is 2.33. The van der Waals surface area contributed by atoms with Gasteiger partial charge < -0.3 is 14.8 Å². The number of aromatic amines is 1. The molecule has 2 aromatic carbocycles. The second-order valence-electron chi connectivity index (χ2n) is 6.75. The van der Waals surface area contributed by atoms with Gasteiger partial charge in [-0.1, -0.05) is 23.9 Å². The average Bonchev–Trinajstić information content (AvgIpc) is 2.75. The molecule has 1 amide bonds. The average molecular weight is 424 g/mol. The maximum absolute atomic E-state index is 12.5. The maximum Gasteiger partial charge on any atom is 0.278 e. The molecule has 1 aliphatic heterocycles. The molecule has 3 aromatic rings. The lowest BCUT2D eigenvalue weighted by atomic mass is 10.1. The van der Waals surface area contributed by atoms with Gasteiger partial charge in [-0.05, 0) is 49.2 Å². The molecule has 30 heavy (non-hydrogen) atoms. The first-order valence-electron chi connectivity index (χ1n) is 9.37. The molecular formula is C21H20N4O4S. The fourth-order valence-electron chi connectivity index (χ4n) is 2.97. The molecule has 0 aliphatic carbocycles. The molecule has 0 radical (unpaired) electrons. The van der Waals surface area contributed by atoms with Gasteiger partial charge in [0.25, 0.3) is 5.56 Å². The van der Waals surface area contributed by atoms with Crippen LogP contribution < -0.4 is 20.3 Å². The number of hydrogen-bond donors (Lipinski definition) is 2. The Hall–Kier alpha value is -3.33. The standard InChI is InChI=1S/C21H20N4O4S/c1-12-4-3-5-15(13(12)2)22-18(26)11-30-21-23-20(27)19(24-25-21)14-6-7-16-17(10-14)29-9-8-28-16/h3-7,10H,8-9,11H2,1-2H3,(H,22,26)(H,23,25,27). The maximum atomic E-state index is 12.5. The molecule has 0 bridgehead atoms. The van der Waals surface area contributed by atoms with Crippen molar-refractivity contribution in [2.24, 2.45) is 0 Å². The van der Waals surface area contributed by atoms with E-state index in [1.165, 1.54) is 0 Å². The molecule has 4 rings (SSSR count). The van der Waals surface area contributed by atoms with E-state index in [4.69, 9.17) is 9.47 Å². The number of anilines is 1. The topological polar surface area (TPSA) is 106 Å². The smallest absolute Gasteiger partial charge is 0.278 e. The molecule has 2 N–H and O–H groups in total. The number of rotatable bonds is 5. The van der Waals surface area contributed by atoms with Gasteiger partial charge in [0, 0.05) is 11.3 Å². The van der Waals surface area contributed by atoms with Crippen LogP contribution >= 0.6 is 11.8 Å². The van der Waals surface area contributed by atoms with Crippen molar-refractivity contribution in [3.05, 3.63) is 57.9 Å². The van der Waals surface area contributed by atoms with E-state index in [1.54, 1.807) is 18.2 Å². The number of aromatic nitrogens is 3. The fraction of sp³-hybridized carbons (Fsp3) is 0.238. The van der Waals surface area contributed by atoms with E-state index in [-0.39, 0.29) is 28.1 Å². The number of amides is 1. The molecule has 8 nitrogen and oxygen atoms in total. The van der Waals surface area contributed by atoms with Crippen LogP contribution in [0, 0.1) is 13.8 Å². The van der Waals surface area contributed by atoms with E-state index in [0.29, 0.717) is 30.3 Å². The van der Waals surface area contributed by atoms with Gasteiger partial charge in [-0.15, -0.1) is 10.2 Å². The summed E-state index contributed by atoms with van der Waals surface area (Å²) in [6.45, 7) is 4.90. The summed E-state index contributed by atoms with van der Waals surface area (Å²) in [6.07, 6.45) is 0. The summed E-state index contributed by atoms with van der Waals surface area (Å²) < 4.78 is 11.0. The van der Waals surface area contributed by atoms with Crippen molar-refractivity contribution in [3.63, 3.8) is 0 Å². The van der Waals surface area contributed by atoms with Crippen LogP contribution in [0.15, 0.2) is 46.3 Å². The molecule has 0 atom stereocenters. The summed E-state index contributed by atoms with van der Waals surface area (Å²) in [5.74, 6) is 1.12. The number of ether oxygens (including phenoxy) is 2. The van der Waals surface area contributed by atoms with E-state index in [2.05, 4.69) is 20.5 Å². The summed E-state index contributed by atoms with van der Waals surface area (Å²) in [5, 5.41) is 11.2. The third kappa shape index (κ3) is 4.30. The van der Waals surface area contributed by atoms with Crippen LogP contribution in [-0.2, 0) is 4.79 Å². The minimum Gasteiger partial charge on any atom is -0.486 e. The Kier molecular flexibility index (Phi) is 5.71. The normalized spacial score (nSPS) is 12.5. The number of carbonyl (C=O) groups is 1. The number of nitrogens with one attached hydrogen (secondary N) is 2. The van der Waals surface area contributed by atoms with Crippen LogP contribution in [-0.4, -0.2) is 40.1 Å². The number of nitrogens with zero attached hydrogens (tertiary/aromatic N) is 2. The van der Waals surface area contributed by atoms with Crippen LogP contribution in [0.25, 0.3) is 11.3 Å². The van der Waals surface area contributed by atoms with E-state index < -0.39 is 0 Å². The van der Waals surface area contributed by atoms with Crippen LogP contribution in [0.4, 0.5) is 5.69 Å². The van der Waals surface area contributed by atoms with Gasteiger partial charge in [-0.2, -0.15) is 0 Å². The molecule has 0 saturated heterocycles. The number of benzene rings is 2. The Morgan fingerprint density at radius 1 is 1.13 bits per heavy atom. The SMILES string of the molecule is Cc1cccc(NC(=O)CSc2nnc(-c3ccc4c(c3)OCCO4)c(=O)[nH]2)c1C. The highest BCUT2D eigenvalue weighted by molar-refractivity contribution is 7.99. The van der Waals surface area contributed by atoms with Gasteiger partial charge in [-0.3, -0.25) is 14.6 Å². The number of carbonyl (C=O) groups excluding carboxylic acids is 1. The lowest BCUT2D eigenvalue weighted by Gasteiger charge is -2.18.